The first-order chi connectivity index (χ1) is 13.3. The van der Waals surface area contributed by atoms with Crippen molar-refractivity contribution in [2.75, 3.05) is 0 Å². The van der Waals surface area contributed by atoms with Gasteiger partial charge in [-0.2, -0.15) is 0 Å². The first kappa shape index (κ1) is 16.1. The van der Waals surface area contributed by atoms with Crippen LogP contribution in [0.2, 0.25) is 0 Å². The molecule has 2 aromatic carbocycles. The molecule has 0 unspecified atom stereocenters. The molecular formula is C22H18N4S. The van der Waals surface area contributed by atoms with Gasteiger partial charge in [-0.25, -0.2) is 9.97 Å². The number of thioether (sulfide) groups is 1. The molecule has 132 valence electrons. The van der Waals surface area contributed by atoms with E-state index in [1.165, 1.54) is 5.56 Å². The van der Waals surface area contributed by atoms with Crippen LogP contribution in [0, 0.1) is 6.92 Å². The predicted octanol–water partition coefficient (Wildman–Crippen LogP) is 5.27. The van der Waals surface area contributed by atoms with Crippen molar-refractivity contribution in [2.45, 2.75) is 17.8 Å². The lowest BCUT2D eigenvalue weighted by Gasteiger charge is -2.09. The fourth-order valence-electron chi connectivity index (χ4n) is 3.24. The number of benzene rings is 2. The molecule has 0 radical (unpaired) electrons. The Bertz CT molecular complexity index is 1200. The highest BCUT2D eigenvalue weighted by Gasteiger charge is 2.13. The average Bonchev–Trinajstić information content (AvgIpc) is 3.27. The monoisotopic (exact) mass is 370 g/mol. The van der Waals surface area contributed by atoms with E-state index in [4.69, 9.17) is 9.97 Å². The highest BCUT2D eigenvalue weighted by Crippen LogP contribution is 2.30. The van der Waals surface area contributed by atoms with Gasteiger partial charge in [0.15, 0.2) is 5.16 Å². The lowest BCUT2D eigenvalue weighted by Crippen LogP contribution is -1.96. The maximum absolute atomic E-state index is 4.87. The van der Waals surface area contributed by atoms with E-state index in [1.54, 1.807) is 11.8 Å². The molecule has 0 N–H and O–H groups in total. The number of pyridine rings is 1. The van der Waals surface area contributed by atoms with Crippen molar-refractivity contribution in [2.24, 2.45) is 0 Å². The SMILES string of the molecule is Cc1ccc(-n2c(SCc3cn4ccccc4n3)nc3ccccc32)cc1. The van der Waals surface area contributed by atoms with E-state index in [1.807, 2.05) is 30.5 Å². The third-order valence-electron chi connectivity index (χ3n) is 4.59. The minimum atomic E-state index is 0.775. The minimum absolute atomic E-state index is 0.775. The molecule has 0 saturated carbocycles. The number of rotatable bonds is 4. The summed E-state index contributed by atoms with van der Waals surface area (Å²) in [6.45, 7) is 2.11. The Labute approximate surface area is 161 Å². The van der Waals surface area contributed by atoms with Crippen molar-refractivity contribution >= 4 is 28.4 Å². The Morgan fingerprint density at radius 3 is 2.56 bits per heavy atom. The van der Waals surface area contributed by atoms with Crippen LogP contribution in [0.1, 0.15) is 11.3 Å². The second kappa shape index (κ2) is 6.59. The summed E-state index contributed by atoms with van der Waals surface area (Å²) in [5.74, 6) is 0.775. The van der Waals surface area contributed by atoms with Crippen molar-refractivity contribution < 1.29 is 0 Å². The molecule has 5 aromatic rings. The van der Waals surface area contributed by atoms with Crippen LogP contribution in [-0.2, 0) is 5.75 Å². The topological polar surface area (TPSA) is 35.1 Å². The van der Waals surface area contributed by atoms with Crippen molar-refractivity contribution in [3.8, 4) is 5.69 Å². The first-order valence-corrected chi connectivity index (χ1v) is 9.86. The summed E-state index contributed by atoms with van der Waals surface area (Å²) in [5.41, 5.74) is 6.54. The van der Waals surface area contributed by atoms with Crippen LogP contribution in [0.25, 0.3) is 22.4 Å². The molecule has 0 atom stereocenters. The Morgan fingerprint density at radius 2 is 1.70 bits per heavy atom. The van der Waals surface area contributed by atoms with E-state index >= 15 is 0 Å². The Balaban J connectivity index is 1.54. The molecule has 27 heavy (non-hydrogen) atoms. The highest BCUT2D eigenvalue weighted by molar-refractivity contribution is 7.98. The number of hydrogen-bond acceptors (Lipinski definition) is 3. The number of nitrogens with zero attached hydrogens (tertiary/aromatic N) is 4. The molecule has 0 aliphatic heterocycles. The van der Waals surface area contributed by atoms with Crippen LogP contribution < -0.4 is 0 Å². The summed E-state index contributed by atoms with van der Waals surface area (Å²) in [6.07, 6.45) is 4.11. The fraction of sp³-hybridized carbons (Fsp3) is 0.0909. The maximum Gasteiger partial charge on any atom is 0.174 e. The van der Waals surface area contributed by atoms with Crippen LogP contribution in [-0.4, -0.2) is 18.9 Å². The van der Waals surface area contributed by atoms with Crippen LogP contribution in [0.3, 0.4) is 0 Å². The number of imidazole rings is 2. The van der Waals surface area contributed by atoms with Crippen molar-refractivity contribution in [1.82, 2.24) is 18.9 Å². The third kappa shape index (κ3) is 3.00. The van der Waals surface area contributed by atoms with Crippen LogP contribution in [0.15, 0.2) is 84.3 Å². The van der Waals surface area contributed by atoms with Gasteiger partial charge in [-0.15, -0.1) is 0 Å². The van der Waals surface area contributed by atoms with Gasteiger partial charge < -0.3 is 4.40 Å². The average molecular weight is 370 g/mol. The number of aryl methyl sites for hydroxylation is 1. The molecule has 0 bridgehead atoms. The molecule has 0 spiro atoms. The zero-order valence-electron chi connectivity index (χ0n) is 14.9. The second-order valence-electron chi connectivity index (χ2n) is 6.54. The second-order valence-corrected chi connectivity index (χ2v) is 7.48. The fourth-order valence-corrected chi connectivity index (χ4v) is 4.15. The van der Waals surface area contributed by atoms with E-state index in [0.717, 1.165) is 39.0 Å². The summed E-state index contributed by atoms with van der Waals surface area (Å²) in [7, 11) is 0. The Hall–Kier alpha value is -3.05. The van der Waals surface area contributed by atoms with E-state index in [-0.39, 0.29) is 0 Å². The van der Waals surface area contributed by atoms with Gasteiger partial charge in [0.2, 0.25) is 0 Å². The number of fused-ring (bicyclic) bond motifs is 2. The molecule has 0 fully saturated rings. The van der Waals surface area contributed by atoms with Crippen molar-refractivity contribution in [3.63, 3.8) is 0 Å². The van der Waals surface area contributed by atoms with Gasteiger partial charge in [-0.3, -0.25) is 4.57 Å². The largest absolute Gasteiger partial charge is 0.307 e. The molecule has 3 heterocycles. The molecule has 0 aliphatic rings. The van der Waals surface area contributed by atoms with Crippen LogP contribution >= 0.6 is 11.8 Å². The molecule has 0 amide bonds. The zero-order chi connectivity index (χ0) is 18.2. The highest BCUT2D eigenvalue weighted by atomic mass is 32.2. The molecule has 5 rings (SSSR count). The number of aromatic nitrogens is 4. The summed E-state index contributed by atoms with van der Waals surface area (Å²) >= 11 is 1.72. The van der Waals surface area contributed by atoms with Gasteiger partial charge in [0.05, 0.1) is 16.7 Å². The standard InChI is InChI=1S/C22H18N4S/c1-16-9-11-18(12-10-16)26-20-7-3-2-6-19(20)24-22(26)27-15-17-14-25-13-5-4-8-21(25)23-17/h2-14H,15H2,1H3. The molecule has 3 aromatic heterocycles. The smallest absolute Gasteiger partial charge is 0.174 e. The summed E-state index contributed by atoms with van der Waals surface area (Å²) < 4.78 is 4.29. The molecule has 0 saturated heterocycles. The summed E-state index contributed by atoms with van der Waals surface area (Å²) in [5, 5.41) is 0.983. The van der Waals surface area contributed by atoms with Crippen LogP contribution in [0.4, 0.5) is 0 Å². The molecule has 5 heteroatoms. The van der Waals surface area contributed by atoms with Gasteiger partial charge in [0, 0.05) is 23.8 Å². The normalized spacial score (nSPS) is 11.4. The lowest BCUT2D eigenvalue weighted by molar-refractivity contribution is 0.917. The molecular weight excluding hydrogens is 352 g/mol. The van der Waals surface area contributed by atoms with Gasteiger partial charge in [-0.1, -0.05) is 47.7 Å². The number of para-hydroxylation sites is 2. The zero-order valence-corrected chi connectivity index (χ0v) is 15.7. The van der Waals surface area contributed by atoms with E-state index < -0.39 is 0 Å². The van der Waals surface area contributed by atoms with Crippen LogP contribution in [0.5, 0.6) is 0 Å². The van der Waals surface area contributed by atoms with Crippen molar-refractivity contribution in [1.29, 1.82) is 0 Å². The maximum atomic E-state index is 4.87. The van der Waals surface area contributed by atoms with E-state index in [0.29, 0.717) is 0 Å². The van der Waals surface area contributed by atoms with Gasteiger partial charge in [0.1, 0.15) is 5.65 Å². The summed E-state index contributed by atoms with van der Waals surface area (Å²) in [6, 6.07) is 22.9. The van der Waals surface area contributed by atoms with Gasteiger partial charge in [-0.05, 0) is 43.3 Å². The van der Waals surface area contributed by atoms with Gasteiger partial charge >= 0.3 is 0 Å². The first-order valence-electron chi connectivity index (χ1n) is 8.88. The van der Waals surface area contributed by atoms with E-state index in [2.05, 4.69) is 64.6 Å². The Morgan fingerprint density at radius 1 is 0.889 bits per heavy atom. The Kier molecular flexibility index (Phi) is 3.94. The predicted molar refractivity (Wildman–Crippen MR) is 111 cm³/mol. The van der Waals surface area contributed by atoms with Gasteiger partial charge in [0.25, 0.3) is 0 Å². The lowest BCUT2D eigenvalue weighted by atomic mass is 10.2. The van der Waals surface area contributed by atoms with Crippen molar-refractivity contribution in [3.05, 3.63) is 90.4 Å². The molecule has 0 aliphatic carbocycles. The third-order valence-corrected chi connectivity index (χ3v) is 5.56. The number of hydrogen-bond donors (Lipinski definition) is 0. The summed E-state index contributed by atoms with van der Waals surface area (Å²) in [4.78, 5) is 9.57. The quantitative estimate of drug-likeness (QED) is 0.404. The molecule has 4 nitrogen and oxygen atoms in total. The minimum Gasteiger partial charge on any atom is -0.307 e. The van der Waals surface area contributed by atoms with E-state index in [9.17, 15) is 0 Å².